The van der Waals surface area contributed by atoms with Crippen LogP contribution < -0.4 is 10.6 Å². The number of rotatable bonds is 18. The van der Waals surface area contributed by atoms with E-state index in [0.29, 0.717) is 51.5 Å². The molecule has 1 heterocycles. The zero-order valence-electron chi connectivity index (χ0n) is 32.8. The summed E-state index contributed by atoms with van der Waals surface area (Å²) in [5, 5.41) is 82.2. The molecule has 2 aromatic rings. The van der Waals surface area contributed by atoms with Crippen LogP contribution in [0, 0.1) is 17.8 Å². The van der Waals surface area contributed by atoms with Gasteiger partial charge in [0.2, 0.25) is 0 Å². The van der Waals surface area contributed by atoms with E-state index in [4.69, 9.17) is 0 Å². The molecule has 0 saturated heterocycles. The lowest BCUT2D eigenvalue weighted by atomic mass is 9.73. The third-order valence-corrected chi connectivity index (χ3v) is 11.3. The number of carboxylic acids is 1. The van der Waals surface area contributed by atoms with Crippen LogP contribution >= 0.6 is 0 Å². The van der Waals surface area contributed by atoms with E-state index in [1.807, 2.05) is 32.1 Å². The lowest BCUT2D eigenvalue weighted by Gasteiger charge is -2.40. The molecule has 10 nitrogen and oxygen atoms in total. The smallest absolute Gasteiger partial charge is 0.303 e. The average molecular weight is 761 g/mol. The molecule has 2 aliphatic rings. The van der Waals surface area contributed by atoms with Crippen molar-refractivity contribution < 1.29 is 40.5 Å². The van der Waals surface area contributed by atoms with Gasteiger partial charge in [0.15, 0.2) is 0 Å². The first-order chi connectivity index (χ1) is 26.4. The Hall–Kier alpha value is -3.53. The van der Waals surface area contributed by atoms with Crippen molar-refractivity contribution in [2.75, 3.05) is 19.7 Å². The molecule has 0 amide bonds. The lowest BCUT2D eigenvalue weighted by molar-refractivity contribution is -0.137. The summed E-state index contributed by atoms with van der Waals surface area (Å²) in [4.78, 5) is 11.6. The van der Waals surface area contributed by atoms with Gasteiger partial charge in [-0.2, -0.15) is 0 Å². The quantitative estimate of drug-likeness (QED) is 0.0931. The van der Waals surface area contributed by atoms with Crippen LogP contribution in [0.2, 0.25) is 0 Å². The maximum absolute atomic E-state index is 12.3. The fourth-order valence-corrected chi connectivity index (χ4v) is 8.20. The summed E-state index contributed by atoms with van der Waals surface area (Å²) in [5.74, 6) is 5.42. The van der Waals surface area contributed by atoms with Crippen LogP contribution in [0.1, 0.15) is 114 Å². The molecule has 9 N–H and O–H groups in total. The lowest BCUT2D eigenvalue weighted by Crippen LogP contribution is -2.50. The third kappa shape index (κ3) is 13.0. The van der Waals surface area contributed by atoms with Crippen molar-refractivity contribution in [1.29, 1.82) is 0 Å². The molecular formula is C45H64N2O8. The summed E-state index contributed by atoms with van der Waals surface area (Å²) < 4.78 is 0. The van der Waals surface area contributed by atoms with Gasteiger partial charge in [0.1, 0.15) is 5.75 Å². The minimum Gasteiger partial charge on any atom is -0.508 e. The highest BCUT2D eigenvalue weighted by Crippen LogP contribution is 2.40. The number of hydrogen-bond donors (Lipinski definition) is 9. The molecule has 55 heavy (non-hydrogen) atoms. The second kappa shape index (κ2) is 21.7. The first-order valence-corrected chi connectivity index (χ1v) is 20.2. The molecule has 9 atom stereocenters. The number of phenolic OH excluding ortho intramolecular Hbond substituents is 1. The highest BCUT2D eigenvalue weighted by Gasteiger charge is 2.38. The van der Waals surface area contributed by atoms with Crippen molar-refractivity contribution in [3.05, 3.63) is 88.5 Å². The SMILES string of the molecule is CCCCC(O)C(O)C=CC1=C(CC(O)CO)C2NCC(C)(O)C(c3ccc(O)cc3)C#CC(CC2CCC(CCC(=O)O)NCC)c2ccccc2CC1. The molecule has 10 heteroatoms. The normalized spacial score (nSPS) is 25.4. The Labute approximate surface area is 327 Å². The van der Waals surface area contributed by atoms with Crippen molar-refractivity contribution in [2.24, 2.45) is 5.92 Å². The number of phenols is 1. The van der Waals surface area contributed by atoms with E-state index in [2.05, 4.69) is 34.6 Å². The molecule has 2 bridgehead atoms. The molecule has 302 valence electrons. The Kier molecular flexibility index (Phi) is 17.4. The number of aliphatic carboxylic acids is 1. The molecule has 0 radical (unpaired) electrons. The fourth-order valence-electron chi connectivity index (χ4n) is 8.20. The van der Waals surface area contributed by atoms with Crippen LogP contribution in [0.25, 0.3) is 0 Å². The fraction of sp³-hybridized carbons (Fsp3) is 0.578. The highest BCUT2D eigenvalue weighted by molar-refractivity contribution is 5.66. The Morgan fingerprint density at radius 2 is 1.78 bits per heavy atom. The molecule has 4 rings (SSSR count). The predicted molar refractivity (Wildman–Crippen MR) is 216 cm³/mol. The molecule has 0 aromatic heterocycles. The Bertz CT molecular complexity index is 1630. The van der Waals surface area contributed by atoms with Crippen molar-refractivity contribution in [2.45, 2.75) is 139 Å². The number of nitrogens with one attached hydrogen (secondary N) is 2. The zero-order chi connectivity index (χ0) is 40.0. The van der Waals surface area contributed by atoms with Crippen LogP contribution in [0.15, 0.2) is 71.8 Å². The van der Waals surface area contributed by atoms with Gasteiger partial charge in [-0.1, -0.05) is 87.1 Å². The number of aliphatic hydroxyl groups is 5. The molecule has 0 saturated carbocycles. The monoisotopic (exact) mass is 760 g/mol. The van der Waals surface area contributed by atoms with Crippen molar-refractivity contribution in [1.82, 2.24) is 10.6 Å². The maximum Gasteiger partial charge on any atom is 0.303 e. The second-order valence-electron chi connectivity index (χ2n) is 15.7. The van der Waals surface area contributed by atoms with Gasteiger partial charge in [-0.3, -0.25) is 4.79 Å². The number of carboxylic acid groups (broad SMARTS) is 1. The average Bonchev–Trinajstić information content (AvgIpc) is 3.16. The summed E-state index contributed by atoms with van der Waals surface area (Å²) in [7, 11) is 0. The van der Waals surface area contributed by atoms with Gasteiger partial charge in [0.25, 0.3) is 0 Å². The van der Waals surface area contributed by atoms with Gasteiger partial charge in [-0.15, -0.1) is 0 Å². The summed E-state index contributed by atoms with van der Waals surface area (Å²) in [6, 6.07) is 14.6. The van der Waals surface area contributed by atoms with Crippen LogP contribution in [0.5, 0.6) is 5.75 Å². The van der Waals surface area contributed by atoms with Gasteiger partial charge in [-0.05, 0) is 111 Å². The van der Waals surface area contributed by atoms with E-state index < -0.39 is 48.4 Å². The van der Waals surface area contributed by atoms with Crippen LogP contribution in [-0.4, -0.2) is 97.4 Å². The number of allylic oxidation sites excluding steroid dienone is 2. The number of unbranched alkanes of at least 4 members (excludes halogenated alkanes) is 1. The highest BCUT2D eigenvalue weighted by atomic mass is 16.4. The Morgan fingerprint density at radius 1 is 1.04 bits per heavy atom. The number of aliphatic hydroxyl groups excluding tert-OH is 4. The van der Waals surface area contributed by atoms with Gasteiger partial charge >= 0.3 is 5.97 Å². The van der Waals surface area contributed by atoms with Gasteiger partial charge in [0.05, 0.1) is 36.4 Å². The summed E-state index contributed by atoms with van der Waals surface area (Å²) in [6.07, 6.45) is 6.37. The van der Waals surface area contributed by atoms with Gasteiger partial charge in [0, 0.05) is 31.0 Å². The van der Waals surface area contributed by atoms with E-state index in [9.17, 15) is 40.5 Å². The Balaban J connectivity index is 1.95. The van der Waals surface area contributed by atoms with E-state index in [0.717, 1.165) is 40.7 Å². The van der Waals surface area contributed by atoms with E-state index in [1.54, 1.807) is 37.3 Å². The number of aryl methyl sites for hydroxylation is 1. The number of fused-ring (bicyclic) bond motifs is 5. The first-order valence-electron chi connectivity index (χ1n) is 20.2. The number of hydrogen-bond acceptors (Lipinski definition) is 9. The molecule has 0 spiro atoms. The molecule has 1 aliphatic heterocycles. The van der Waals surface area contributed by atoms with Gasteiger partial charge < -0.3 is 46.4 Å². The predicted octanol–water partition coefficient (Wildman–Crippen LogP) is 5.07. The summed E-state index contributed by atoms with van der Waals surface area (Å²) in [5.41, 5.74) is 3.31. The zero-order valence-corrected chi connectivity index (χ0v) is 32.8. The topological polar surface area (TPSA) is 183 Å². The largest absolute Gasteiger partial charge is 0.508 e. The molecular weight excluding hydrogens is 697 g/mol. The molecule has 9 unspecified atom stereocenters. The van der Waals surface area contributed by atoms with Gasteiger partial charge in [-0.25, -0.2) is 0 Å². The minimum atomic E-state index is -1.39. The van der Waals surface area contributed by atoms with Crippen LogP contribution in [0.3, 0.4) is 0 Å². The second-order valence-corrected chi connectivity index (χ2v) is 15.7. The number of β-amino-alcohol motifs (C(OH)–C–C–N with tert-alkyl or cyclic N) is 1. The third-order valence-electron chi connectivity index (χ3n) is 11.3. The maximum atomic E-state index is 12.3. The van der Waals surface area contributed by atoms with E-state index >= 15 is 0 Å². The molecule has 2 aromatic carbocycles. The molecule has 1 aliphatic carbocycles. The van der Waals surface area contributed by atoms with E-state index in [1.165, 1.54) is 0 Å². The van der Waals surface area contributed by atoms with Crippen molar-refractivity contribution in [3.63, 3.8) is 0 Å². The number of carbonyl (C=O) groups is 1. The van der Waals surface area contributed by atoms with Crippen molar-refractivity contribution in [3.8, 4) is 17.6 Å². The van der Waals surface area contributed by atoms with Crippen molar-refractivity contribution >= 4 is 5.97 Å². The van der Waals surface area contributed by atoms with Crippen LogP contribution in [0.4, 0.5) is 0 Å². The Morgan fingerprint density at radius 3 is 2.47 bits per heavy atom. The van der Waals surface area contributed by atoms with Crippen LogP contribution in [-0.2, 0) is 11.2 Å². The standard InChI is InChI=1S/C45H64N2O8/c1-4-6-11-41(51)42(52)24-18-31-13-12-30-9-7-8-10-38(30)33-17-23-40(32-15-21-36(49)22-16-32)45(3,55)29-47-44(39(31)27-37(50)28-48)34(26-33)14-19-35(46-5-2)20-25-43(53)54/h7-10,15-16,18,21-22,24,33-35,37,40-42,44,46-52,55H,4-6,11-14,19-20,25-29H2,1-3H3,(H,53,54). The van der Waals surface area contributed by atoms with E-state index in [-0.39, 0.29) is 43.0 Å². The summed E-state index contributed by atoms with van der Waals surface area (Å²) >= 11 is 0. The first kappa shape index (κ1) is 44.2. The minimum absolute atomic E-state index is 0.0431. The number of aromatic hydroxyl groups is 1. The molecule has 0 fully saturated rings. The number of benzene rings is 2. The summed E-state index contributed by atoms with van der Waals surface area (Å²) in [6.45, 7) is 6.15.